The smallest absolute Gasteiger partial charge is 0.241 e. The molecule has 0 spiro atoms. The molecule has 0 radical (unpaired) electrons. The minimum absolute atomic E-state index is 0.247. The molecule has 1 unspecified atom stereocenters. The summed E-state index contributed by atoms with van der Waals surface area (Å²) in [5, 5.41) is 3.01. The topological polar surface area (TPSA) is 75.7 Å². The number of carbonyl (C=O) groups excluding carboxylic acids is 1. The van der Waals surface area contributed by atoms with Gasteiger partial charge in [0.1, 0.15) is 17.9 Å². The van der Waals surface area contributed by atoms with Crippen LogP contribution in [0.1, 0.15) is 43.0 Å². The van der Waals surface area contributed by atoms with E-state index in [-0.39, 0.29) is 18.5 Å². The van der Waals surface area contributed by atoms with Gasteiger partial charge in [0.15, 0.2) is 0 Å². The van der Waals surface area contributed by atoms with Gasteiger partial charge in [0.05, 0.1) is 18.0 Å². The van der Waals surface area contributed by atoms with Crippen LogP contribution >= 0.6 is 0 Å². The molecule has 0 aliphatic carbocycles. The van der Waals surface area contributed by atoms with Crippen LogP contribution in [-0.4, -0.2) is 32.7 Å². The van der Waals surface area contributed by atoms with Crippen LogP contribution in [0.3, 0.4) is 0 Å². The third-order valence-corrected chi connectivity index (χ3v) is 6.03. The Bertz CT molecular complexity index is 1010. The Morgan fingerprint density at radius 3 is 2.41 bits per heavy atom. The van der Waals surface area contributed by atoms with Crippen LogP contribution in [0.4, 0.5) is 5.69 Å². The van der Waals surface area contributed by atoms with Gasteiger partial charge in [-0.1, -0.05) is 24.3 Å². The van der Waals surface area contributed by atoms with Crippen molar-refractivity contribution in [3.8, 4) is 5.75 Å². The highest BCUT2D eigenvalue weighted by Gasteiger charge is 2.34. The number of hydrogen-bond donors (Lipinski definition) is 1. The first-order chi connectivity index (χ1) is 13.4. The number of hydrogen-bond acceptors (Lipinski definition) is 4. The highest BCUT2D eigenvalue weighted by molar-refractivity contribution is 7.92. The zero-order valence-electron chi connectivity index (χ0n) is 17.5. The Morgan fingerprint density at radius 2 is 1.79 bits per heavy atom. The molecular formula is C22H28N2O4S. The van der Waals surface area contributed by atoms with E-state index in [2.05, 4.69) is 5.32 Å². The lowest BCUT2D eigenvalue weighted by molar-refractivity contribution is -0.120. The normalized spacial score (nSPS) is 17.8. The molecule has 1 heterocycles. The standard InChI is InChI=1S/C22H28N2O4S/c1-15-10-16(2)12-17(11-15)24(29(5,26)27)14-21(25)23-19-13-22(3,4)28-20-9-7-6-8-18(19)20/h6-12,19H,13-14H2,1-5H3,(H,23,25). The summed E-state index contributed by atoms with van der Waals surface area (Å²) in [6.45, 7) is 7.47. The van der Waals surface area contributed by atoms with Gasteiger partial charge >= 0.3 is 0 Å². The van der Waals surface area contributed by atoms with Crippen molar-refractivity contribution < 1.29 is 17.9 Å². The highest BCUT2D eigenvalue weighted by atomic mass is 32.2. The Morgan fingerprint density at radius 1 is 1.17 bits per heavy atom. The Labute approximate surface area is 172 Å². The summed E-state index contributed by atoms with van der Waals surface area (Å²) in [7, 11) is -3.62. The van der Waals surface area contributed by atoms with Crippen LogP contribution in [0.5, 0.6) is 5.75 Å². The number of para-hydroxylation sites is 1. The predicted octanol–water partition coefficient (Wildman–Crippen LogP) is 3.49. The molecule has 0 aromatic heterocycles. The number of anilines is 1. The summed E-state index contributed by atoms with van der Waals surface area (Å²) in [5.74, 6) is 0.385. The van der Waals surface area contributed by atoms with Crippen LogP contribution in [0.25, 0.3) is 0 Å². The molecule has 29 heavy (non-hydrogen) atoms. The second-order valence-corrected chi connectivity index (χ2v) is 10.2. The summed E-state index contributed by atoms with van der Waals surface area (Å²) >= 11 is 0. The quantitative estimate of drug-likeness (QED) is 0.810. The Kier molecular flexibility index (Phi) is 5.63. The first-order valence-electron chi connectivity index (χ1n) is 9.58. The number of benzene rings is 2. The van der Waals surface area contributed by atoms with Crippen molar-refractivity contribution >= 4 is 21.6 Å². The molecule has 1 aliphatic heterocycles. The molecule has 0 saturated heterocycles. The van der Waals surface area contributed by atoms with E-state index in [0.717, 1.165) is 33.0 Å². The van der Waals surface area contributed by atoms with E-state index in [0.29, 0.717) is 12.1 Å². The van der Waals surface area contributed by atoms with Crippen molar-refractivity contribution in [3.63, 3.8) is 0 Å². The fourth-order valence-electron chi connectivity index (χ4n) is 3.80. The van der Waals surface area contributed by atoms with E-state index >= 15 is 0 Å². The van der Waals surface area contributed by atoms with Gasteiger partial charge in [0.2, 0.25) is 15.9 Å². The van der Waals surface area contributed by atoms with E-state index in [4.69, 9.17) is 4.74 Å². The van der Waals surface area contributed by atoms with Gasteiger partial charge < -0.3 is 10.1 Å². The van der Waals surface area contributed by atoms with Crippen molar-refractivity contribution in [1.29, 1.82) is 0 Å². The number of nitrogens with zero attached hydrogens (tertiary/aromatic N) is 1. The molecule has 3 rings (SSSR count). The molecule has 1 atom stereocenters. The lowest BCUT2D eigenvalue weighted by atomic mass is 9.89. The number of ether oxygens (including phenoxy) is 1. The Hall–Kier alpha value is -2.54. The van der Waals surface area contributed by atoms with E-state index < -0.39 is 15.6 Å². The molecule has 2 aromatic carbocycles. The molecule has 0 fully saturated rings. The lowest BCUT2D eigenvalue weighted by Gasteiger charge is -2.38. The summed E-state index contributed by atoms with van der Waals surface area (Å²) in [4.78, 5) is 12.9. The lowest BCUT2D eigenvalue weighted by Crippen LogP contribution is -2.45. The first kappa shape index (κ1) is 21.2. The predicted molar refractivity (Wildman–Crippen MR) is 115 cm³/mol. The number of fused-ring (bicyclic) bond motifs is 1. The fourth-order valence-corrected chi connectivity index (χ4v) is 4.64. The highest BCUT2D eigenvalue weighted by Crippen LogP contribution is 2.39. The van der Waals surface area contributed by atoms with Gasteiger partial charge in [0.25, 0.3) is 0 Å². The maximum Gasteiger partial charge on any atom is 0.241 e. The van der Waals surface area contributed by atoms with Crippen LogP contribution in [0.15, 0.2) is 42.5 Å². The minimum Gasteiger partial charge on any atom is -0.487 e. The van der Waals surface area contributed by atoms with Crippen molar-refractivity contribution in [2.45, 2.75) is 45.8 Å². The number of aryl methyl sites for hydroxylation is 2. The second kappa shape index (κ2) is 7.71. The fraction of sp³-hybridized carbons (Fsp3) is 0.409. The molecule has 0 bridgehead atoms. The molecular weight excluding hydrogens is 388 g/mol. The monoisotopic (exact) mass is 416 g/mol. The van der Waals surface area contributed by atoms with E-state index in [1.54, 1.807) is 12.1 Å². The maximum atomic E-state index is 12.9. The van der Waals surface area contributed by atoms with E-state index in [9.17, 15) is 13.2 Å². The molecule has 1 aliphatic rings. The SMILES string of the molecule is Cc1cc(C)cc(N(CC(=O)NC2CC(C)(C)Oc3ccccc32)S(C)(=O)=O)c1. The molecule has 1 amide bonds. The molecule has 0 saturated carbocycles. The second-order valence-electron chi connectivity index (χ2n) is 8.34. The van der Waals surface area contributed by atoms with Crippen molar-refractivity contribution in [1.82, 2.24) is 5.32 Å². The van der Waals surface area contributed by atoms with Gasteiger partial charge in [0, 0.05) is 12.0 Å². The third kappa shape index (κ3) is 5.09. The Balaban J connectivity index is 1.84. The molecule has 6 nitrogen and oxygen atoms in total. The number of amides is 1. The number of nitrogens with one attached hydrogen (secondary N) is 1. The van der Waals surface area contributed by atoms with Crippen LogP contribution < -0.4 is 14.4 Å². The number of sulfonamides is 1. The largest absolute Gasteiger partial charge is 0.487 e. The van der Waals surface area contributed by atoms with Crippen LogP contribution in [0.2, 0.25) is 0 Å². The van der Waals surface area contributed by atoms with Gasteiger partial charge in [-0.15, -0.1) is 0 Å². The first-order valence-corrected chi connectivity index (χ1v) is 11.4. The molecule has 156 valence electrons. The van der Waals surface area contributed by atoms with Crippen LogP contribution in [-0.2, 0) is 14.8 Å². The zero-order chi connectivity index (χ0) is 21.4. The third-order valence-electron chi connectivity index (χ3n) is 4.89. The average Bonchev–Trinajstić information content (AvgIpc) is 2.56. The van der Waals surface area contributed by atoms with Gasteiger partial charge in [-0.3, -0.25) is 9.10 Å². The summed E-state index contributed by atoms with van der Waals surface area (Å²) in [6.07, 6.45) is 1.71. The van der Waals surface area contributed by atoms with Crippen LogP contribution in [0, 0.1) is 13.8 Å². The van der Waals surface area contributed by atoms with E-state index in [1.165, 1.54) is 0 Å². The maximum absolute atomic E-state index is 12.9. The summed E-state index contributed by atoms with van der Waals surface area (Å²) in [5.41, 5.74) is 2.84. The molecule has 2 aromatic rings. The zero-order valence-corrected chi connectivity index (χ0v) is 18.3. The number of rotatable bonds is 5. The van der Waals surface area contributed by atoms with Gasteiger partial charge in [-0.2, -0.15) is 0 Å². The molecule has 7 heteroatoms. The number of carbonyl (C=O) groups is 1. The van der Waals surface area contributed by atoms with Crippen molar-refractivity contribution in [3.05, 3.63) is 59.2 Å². The van der Waals surface area contributed by atoms with Crippen molar-refractivity contribution in [2.75, 3.05) is 17.1 Å². The summed E-state index contributed by atoms with van der Waals surface area (Å²) in [6, 6.07) is 12.9. The average molecular weight is 417 g/mol. The minimum atomic E-state index is -3.62. The van der Waals surface area contributed by atoms with Gasteiger partial charge in [-0.25, -0.2) is 8.42 Å². The summed E-state index contributed by atoms with van der Waals surface area (Å²) < 4.78 is 32.0. The molecule has 1 N–H and O–H groups in total. The van der Waals surface area contributed by atoms with Crippen molar-refractivity contribution in [2.24, 2.45) is 0 Å². The van der Waals surface area contributed by atoms with E-state index in [1.807, 2.05) is 58.0 Å². The van der Waals surface area contributed by atoms with Gasteiger partial charge in [-0.05, 0) is 57.0 Å².